The number of esters is 1. The SMILES string of the molecule is Cc1cc(C(=O)COC(=O)C2C[C@@H]3C[C@@H]3C2)ccc1Br. The molecular formula is C16H17BrO3. The van der Waals surface area contributed by atoms with Gasteiger partial charge in [0.15, 0.2) is 12.4 Å². The summed E-state index contributed by atoms with van der Waals surface area (Å²) >= 11 is 3.40. The molecule has 0 heterocycles. The third kappa shape index (κ3) is 2.80. The molecule has 0 aliphatic heterocycles. The third-order valence-electron chi connectivity index (χ3n) is 4.40. The van der Waals surface area contributed by atoms with Crippen LogP contribution in [0, 0.1) is 24.7 Å². The zero-order chi connectivity index (χ0) is 14.3. The Bertz CT molecular complexity index is 557. The highest BCUT2D eigenvalue weighted by molar-refractivity contribution is 9.10. The molecule has 0 radical (unpaired) electrons. The van der Waals surface area contributed by atoms with Crippen molar-refractivity contribution in [1.29, 1.82) is 0 Å². The van der Waals surface area contributed by atoms with E-state index >= 15 is 0 Å². The lowest BCUT2D eigenvalue weighted by atomic mass is 10.0. The number of rotatable bonds is 4. The van der Waals surface area contributed by atoms with Crippen LogP contribution in [0.25, 0.3) is 0 Å². The molecule has 106 valence electrons. The molecule has 20 heavy (non-hydrogen) atoms. The molecule has 0 saturated heterocycles. The van der Waals surface area contributed by atoms with Gasteiger partial charge in [0, 0.05) is 10.0 Å². The number of aryl methyl sites for hydroxylation is 1. The van der Waals surface area contributed by atoms with Gasteiger partial charge in [-0.05, 0) is 55.7 Å². The van der Waals surface area contributed by atoms with Crippen molar-refractivity contribution in [2.24, 2.45) is 17.8 Å². The molecule has 3 atom stereocenters. The maximum absolute atomic E-state index is 12.0. The fraction of sp³-hybridized carbons (Fsp3) is 0.500. The topological polar surface area (TPSA) is 43.4 Å². The summed E-state index contributed by atoms with van der Waals surface area (Å²) in [5, 5.41) is 0. The van der Waals surface area contributed by atoms with E-state index in [1.807, 2.05) is 19.1 Å². The van der Waals surface area contributed by atoms with Gasteiger partial charge in [0.05, 0.1) is 5.92 Å². The number of carbonyl (C=O) groups is 2. The van der Waals surface area contributed by atoms with Crippen LogP contribution >= 0.6 is 15.9 Å². The van der Waals surface area contributed by atoms with Crippen LogP contribution < -0.4 is 0 Å². The van der Waals surface area contributed by atoms with E-state index in [0.717, 1.165) is 34.7 Å². The first-order chi connectivity index (χ1) is 9.54. The Balaban J connectivity index is 1.53. The molecule has 1 aromatic rings. The summed E-state index contributed by atoms with van der Waals surface area (Å²) in [5.41, 5.74) is 1.59. The Kier molecular flexibility index (Phi) is 3.67. The second kappa shape index (κ2) is 5.32. The van der Waals surface area contributed by atoms with E-state index in [2.05, 4.69) is 15.9 Å². The molecule has 0 spiro atoms. The lowest BCUT2D eigenvalue weighted by molar-refractivity contribution is -0.147. The number of halogens is 1. The number of ether oxygens (including phenoxy) is 1. The van der Waals surface area contributed by atoms with Gasteiger partial charge < -0.3 is 4.74 Å². The molecule has 0 bridgehead atoms. The number of ketones is 1. The summed E-state index contributed by atoms with van der Waals surface area (Å²) in [6.45, 7) is 1.78. The lowest BCUT2D eigenvalue weighted by Gasteiger charge is -2.11. The van der Waals surface area contributed by atoms with E-state index in [9.17, 15) is 9.59 Å². The van der Waals surface area contributed by atoms with Crippen LogP contribution in [0.1, 0.15) is 35.2 Å². The Labute approximate surface area is 126 Å². The minimum atomic E-state index is -0.195. The van der Waals surface area contributed by atoms with Crippen LogP contribution in [-0.4, -0.2) is 18.4 Å². The molecule has 0 N–H and O–H groups in total. The fourth-order valence-corrected chi connectivity index (χ4v) is 3.31. The van der Waals surface area contributed by atoms with Crippen molar-refractivity contribution in [3.8, 4) is 0 Å². The molecule has 3 rings (SSSR count). The maximum Gasteiger partial charge on any atom is 0.309 e. The molecule has 0 aromatic heterocycles. The van der Waals surface area contributed by atoms with E-state index in [4.69, 9.17) is 4.74 Å². The van der Waals surface area contributed by atoms with Gasteiger partial charge >= 0.3 is 5.97 Å². The van der Waals surface area contributed by atoms with Crippen molar-refractivity contribution in [2.45, 2.75) is 26.2 Å². The normalized spacial score (nSPS) is 27.0. The Morgan fingerprint density at radius 3 is 2.60 bits per heavy atom. The molecule has 2 aliphatic carbocycles. The van der Waals surface area contributed by atoms with Gasteiger partial charge in [-0.3, -0.25) is 9.59 Å². The fourth-order valence-electron chi connectivity index (χ4n) is 3.06. The van der Waals surface area contributed by atoms with Crippen LogP contribution in [0.5, 0.6) is 0 Å². The third-order valence-corrected chi connectivity index (χ3v) is 5.29. The molecule has 4 heteroatoms. The second-order valence-electron chi connectivity index (χ2n) is 5.92. The standard InChI is InChI=1S/C16H17BrO3/c1-9-4-10(2-3-14(9)17)15(18)8-20-16(19)13-6-11-5-12(11)7-13/h2-4,11-13H,5-8H2,1H3/t11-,12+,13?. The highest BCUT2D eigenvalue weighted by atomic mass is 79.9. The van der Waals surface area contributed by atoms with Crippen LogP contribution in [-0.2, 0) is 9.53 Å². The van der Waals surface area contributed by atoms with Gasteiger partial charge in [-0.2, -0.15) is 0 Å². The molecule has 1 unspecified atom stereocenters. The van der Waals surface area contributed by atoms with Gasteiger partial charge in [0.25, 0.3) is 0 Å². The lowest BCUT2D eigenvalue weighted by Crippen LogP contribution is -2.20. The zero-order valence-electron chi connectivity index (χ0n) is 11.4. The minimum Gasteiger partial charge on any atom is -0.457 e. The number of Topliss-reactive ketones (excluding diaryl/α,β-unsaturated/α-hetero) is 1. The largest absolute Gasteiger partial charge is 0.457 e. The molecule has 2 saturated carbocycles. The maximum atomic E-state index is 12.0. The van der Waals surface area contributed by atoms with Crippen molar-refractivity contribution in [3.05, 3.63) is 33.8 Å². The molecule has 2 aliphatic rings. The highest BCUT2D eigenvalue weighted by Gasteiger charge is 2.48. The van der Waals surface area contributed by atoms with E-state index in [1.165, 1.54) is 6.42 Å². The van der Waals surface area contributed by atoms with Crippen LogP contribution in [0.4, 0.5) is 0 Å². The number of hydrogen-bond acceptors (Lipinski definition) is 3. The van der Waals surface area contributed by atoms with E-state index in [1.54, 1.807) is 6.07 Å². The van der Waals surface area contributed by atoms with E-state index in [-0.39, 0.29) is 24.3 Å². The van der Waals surface area contributed by atoms with Crippen molar-refractivity contribution in [1.82, 2.24) is 0 Å². The summed E-state index contributed by atoms with van der Waals surface area (Å²) < 4.78 is 6.15. The van der Waals surface area contributed by atoms with Crippen molar-refractivity contribution < 1.29 is 14.3 Å². The predicted octanol–water partition coefficient (Wildman–Crippen LogP) is 3.53. The number of carbonyl (C=O) groups excluding carboxylic acids is 2. The number of benzene rings is 1. The highest BCUT2D eigenvalue weighted by Crippen LogP contribution is 2.54. The van der Waals surface area contributed by atoms with Crippen LogP contribution in [0.3, 0.4) is 0 Å². The van der Waals surface area contributed by atoms with E-state index in [0.29, 0.717) is 5.56 Å². The number of fused-ring (bicyclic) bond motifs is 1. The predicted molar refractivity (Wildman–Crippen MR) is 78.5 cm³/mol. The summed E-state index contributed by atoms with van der Waals surface area (Å²) in [4.78, 5) is 23.9. The summed E-state index contributed by atoms with van der Waals surface area (Å²) in [6, 6.07) is 5.40. The number of hydrogen-bond donors (Lipinski definition) is 0. The van der Waals surface area contributed by atoms with Gasteiger partial charge in [-0.1, -0.05) is 22.0 Å². The van der Waals surface area contributed by atoms with Gasteiger partial charge in [0.2, 0.25) is 0 Å². The molecule has 0 amide bonds. The van der Waals surface area contributed by atoms with Crippen molar-refractivity contribution in [3.63, 3.8) is 0 Å². The smallest absolute Gasteiger partial charge is 0.309 e. The Morgan fingerprint density at radius 1 is 1.25 bits per heavy atom. The minimum absolute atomic E-state index is 0.0261. The summed E-state index contributed by atoms with van der Waals surface area (Å²) in [7, 11) is 0. The average Bonchev–Trinajstić information content (AvgIpc) is 3.05. The molecule has 2 fully saturated rings. The molecule has 1 aromatic carbocycles. The Hall–Kier alpha value is -1.16. The first-order valence-electron chi connectivity index (χ1n) is 7.00. The zero-order valence-corrected chi connectivity index (χ0v) is 13.0. The van der Waals surface area contributed by atoms with Crippen LogP contribution in [0.2, 0.25) is 0 Å². The van der Waals surface area contributed by atoms with E-state index < -0.39 is 0 Å². The van der Waals surface area contributed by atoms with Crippen molar-refractivity contribution in [2.75, 3.05) is 6.61 Å². The van der Waals surface area contributed by atoms with Gasteiger partial charge in [-0.25, -0.2) is 0 Å². The summed E-state index contributed by atoms with van der Waals surface area (Å²) in [5.74, 6) is 1.18. The van der Waals surface area contributed by atoms with Gasteiger partial charge in [0.1, 0.15) is 0 Å². The first kappa shape index (κ1) is 13.8. The second-order valence-corrected chi connectivity index (χ2v) is 6.77. The summed E-state index contributed by atoms with van der Waals surface area (Å²) in [6.07, 6.45) is 3.19. The molecule has 3 nitrogen and oxygen atoms in total. The van der Waals surface area contributed by atoms with Crippen molar-refractivity contribution >= 4 is 27.7 Å². The average molecular weight is 337 g/mol. The monoisotopic (exact) mass is 336 g/mol. The van der Waals surface area contributed by atoms with Gasteiger partial charge in [-0.15, -0.1) is 0 Å². The Morgan fingerprint density at radius 2 is 1.95 bits per heavy atom. The van der Waals surface area contributed by atoms with Crippen LogP contribution in [0.15, 0.2) is 22.7 Å². The quantitative estimate of drug-likeness (QED) is 0.624. The molecular weight excluding hydrogens is 320 g/mol. The first-order valence-corrected chi connectivity index (χ1v) is 7.80.